The molecule has 1 fully saturated rings. The summed E-state index contributed by atoms with van der Waals surface area (Å²) in [5.74, 6) is 0.165. The van der Waals surface area contributed by atoms with Gasteiger partial charge in [0.1, 0.15) is 12.1 Å². The number of hydrogen-bond donors (Lipinski definition) is 0. The van der Waals surface area contributed by atoms with Gasteiger partial charge in [-0.2, -0.15) is 13.2 Å². The first-order chi connectivity index (χ1) is 15.8. The van der Waals surface area contributed by atoms with E-state index in [1.54, 1.807) is 25.9 Å². The maximum Gasteiger partial charge on any atom is 0.416 e. The number of hydrogen-bond acceptors (Lipinski definition) is 3. The Morgan fingerprint density at radius 3 is 2.24 bits per heavy atom. The van der Waals surface area contributed by atoms with Crippen molar-refractivity contribution < 1.29 is 22.7 Å². The Kier molecular flexibility index (Phi) is 7.81. The molecule has 6 heteroatoms. The van der Waals surface area contributed by atoms with Gasteiger partial charge in [0.15, 0.2) is 0 Å². The average molecular weight is 476 g/mol. The predicted octanol–water partition coefficient (Wildman–Crippen LogP) is 6.94. The Hall–Kier alpha value is -2.34. The number of halogens is 3. The standard InChI is InChI=1S/C28H36F3NO2/c1-18-12-15-23(27(3,4)20-10-8-7-9-11-20)24(16-18)34-26(33)25(32(5)6)22-14-13-21(17-19(22)2)28(29,30)31/h7-11,13-14,17-18,23-25H,12,15-16H2,1-6H3/t18-,23-,24-,25+/m1/s1. The van der Waals surface area contributed by atoms with E-state index in [-0.39, 0.29) is 17.4 Å². The van der Waals surface area contributed by atoms with Gasteiger partial charge < -0.3 is 4.74 Å². The third-order valence-corrected chi connectivity index (χ3v) is 7.40. The number of benzene rings is 2. The lowest BCUT2D eigenvalue weighted by atomic mass is 9.64. The van der Waals surface area contributed by atoms with Crippen LogP contribution in [0.15, 0.2) is 48.5 Å². The van der Waals surface area contributed by atoms with Crippen molar-refractivity contribution in [3.05, 3.63) is 70.8 Å². The molecule has 0 radical (unpaired) electrons. The van der Waals surface area contributed by atoms with Crippen LogP contribution in [0, 0.1) is 18.8 Å². The number of carbonyl (C=O) groups is 1. The first kappa shape index (κ1) is 26.3. The van der Waals surface area contributed by atoms with Crippen LogP contribution < -0.4 is 0 Å². The number of rotatable bonds is 6. The minimum absolute atomic E-state index is 0.145. The highest BCUT2D eigenvalue weighted by molar-refractivity contribution is 5.78. The number of nitrogens with zero attached hydrogens (tertiary/aromatic N) is 1. The fraction of sp³-hybridized carbons (Fsp3) is 0.536. The summed E-state index contributed by atoms with van der Waals surface area (Å²) in [5.41, 5.74) is 1.25. The maximum atomic E-state index is 13.5. The van der Waals surface area contributed by atoms with Gasteiger partial charge in [-0.05, 0) is 74.0 Å². The zero-order chi connectivity index (χ0) is 25.3. The Morgan fingerprint density at radius 2 is 1.68 bits per heavy atom. The van der Waals surface area contributed by atoms with Crippen LogP contribution in [0.1, 0.15) is 68.3 Å². The van der Waals surface area contributed by atoms with E-state index in [4.69, 9.17) is 4.74 Å². The van der Waals surface area contributed by atoms with Gasteiger partial charge in [-0.1, -0.05) is 63.6 Å². The van der Waals surface area contributed by atoms with Crippen molar-refractivity contribution in [1.29, 1.82) is 0 Å². The van der Waals surface area contributed by atoms with Gasteiger partial charge in [-0.3, -0.25) is 4.90 Å². The molecule has 0 bridgehead atoms. The Morgan fingerprint density at radius 1 is 1.03 bits per heavy atom. The summed E-state index contributed by atoms with van der Waals surface area (Å²) in [5, 5.41) is 0. The normalized spacial score (nSPS) is 22.5. The minimum Gasteiger partial charge on any atom is -0.461 e. The molecule has 0 N–H and O–H groups in total. The van der Waals surface area contributed by atoms with E-state index in [1.165, 1.54) is 11.6 Å². The summed E-state index contributed by atoms with van der Waals surface area (Å²) in [6, 6.07) is 13.0. The van der Waals surface area contributed by atoms with Gasteiger partial charge in [0, 0.05) is 5.92 Å². The molecule has 0 aromatic heterocycles. The van der Waals surface area contributed by atoms with E-state index in [2.05, 4.69) is 32.9 Å². The number of ether oxygens (including phenoxy) is 1. The highest BCUT2D eigenvalue weighted by Crippen LogP contribution is 2.44. The van der Waals surface area contributed by atoms with Crippen LogP contribution in [0.4, 0.5) is 13.2 Å². The van der Waals surface area contributed by atoms with Gasteiger partial charge in [0.25, 0.3) is 0 Å². The minimum atomic E-state index is -4.42. The molecule has 1 saturated carbocycles. The second-order valence-corrected chi connectivity index (χ2v) is 10.5. The topological polar surface area (TPSA) is 29.5 Å². The number of esters is 1. The van der Waals surface area contributed by atoms with Crippen molar-refractivity contribution in [1.82, 2.24) is 4.90 Å². The van der Waals surface area contributed by atoms with Crippen molar-refractivity contribution in [2.24, 2.45) is 11.8 Å². The van der Waals surface area contributed by atoms with Crippen molar-refractivity contribution >= 4 is 5.97 Å². The van der Waals surface area contributed by atoms with Crippen LogP contribution in [0.2, 0.25) is 0 Å². The molecule has 2 aromatic rings. The first-order valence-corrected chi connectivity index (χ1v) is 11.9. The quantitative estimate of drug-likeness (QED) is 0.424. The van der Waals surface area contributed by atoms with Crippen molar-refractivity contribution in [3.8, 4) is 0 Å². The molecular formula is C28H36F3NO2. The molecule has 4 atom stereocenters. The van der Waals surface area contributed by atoms with E-state index in [0.717, 1.165) is 31.4 Å². The molecule has 0 unspecified atom stereocenters. The van der Waals surface area contributed by atoms with Gasteiger partial charge in [-0.25, -0.2) is 4.79 Å². The lowest BCUT2D eigenvalue weighted by molar-refractivity contribution is -0.162. The summed E-state index contributed by atoms with van der Waals surface area (Å²) in [4.78, 5) is 15.2. The Labute approximate surface area is 201 Å². The molecular weight excluding hydrogens is 439 g/mol. The molecule has 34 heavy (non-hydrogen) atoms. The number of carbonyl (C=O) groups excluding carboxylic acids is 1. The smallest absolute Gasteiger partial charge is 0.416 e. The number of aryl methyl sites for hydroxylation is 1. The second kappa shape index (κ2) is 10.1. The largest absolute Gasteiger partial charge is 0.461 e. The molecule has 186 valence electrons. The zero-order valence-corrected chi connectivity index (χ0v) is 20.9. The fourth-order valence-corrected chi connectivity index (χ4v) is 5.35. The van der Waals surface area contributed by atoms with Gasteiger partial charge >= 0.3 is 12.1 Å². The molecule has 3 nitrogen and oxygen atoms in total. The summed E-state index contributed by atoms with van der Waals surface area (Å²) >= 11 is 0. The van der Waals surface area contributed by atoms with E-state index >= 15 is 0 Å². The first-order valence-electron chi connectivity index (χ1n) is 11.9. The summed E-state index contributed by atoms with van der Waals surface area (Å²) in [7, 11) is 3.50. The van der Waals surface area contributed by atoms with E-state index < -0.39 is 23.8 Å². The van der Waals surface area contributed by atoms with Gasteiger partial charge in [0.2, 0.25) is 0 Å². The van der Waals surface area contributed by atoms with Crippen LogP contribution in [-0.4, -0.2) is 31.1 Å². The van der Waals surface area contributed by atoms with Gasteiger partial charge in [0.05, 0.1) is 5.56 Å². The lowest BCUT2D eigenvalue weighted by Crippen LogP contribution is -2.45. The van der Waals surface area contributed by atoms with Crippen LogP contribution in [0.25, 0.3) is 0 Å². The Balaban J connectivity index is 1.89. The predicted molar refractivity (Wildman–Crippen MR) is 128 cm³/mol. The van der Waals surface area contributed by atoms with E-state index in [9.17, 15) is 18.0 Å². The van der Waals surface area contributed by atoms with Crippen molar-refractivity contribution in [2.45, 2.75) is 70.7 Å². The highest BCUT2D eigenvalue weighted by Gasteiger charge is 2.43. The molecule has 0 heterocycles. The molecule has 0 amide bonds. The zero-order valence-electron chi connectivity index (χ0n) is 20.9. The van der Waals surface area contributed by atoms with Gasteiger partial charge in [-0.15, -0.1) is 0 Å². The third kappa shape index (κ3) is 5.65. The van der Waals surface area contributed by atoms with Crippen LogP contribution in [-0.2, 0) is 21.1 Å². The van der Waals surface area contributed by atoms with Crippen LogP contribution in [0.3, 0.4) is 0 Å². The Bertz CT molecular complexity index is 985. The number of likely N-dealkylation sites (N-methyl/N-ethyl adjacent to an activating group) is 1. The molecule has 1 aliphatic carbocycles. The van der Waals surface area contributed by atoms with E-state index in [0.29, 0.717) is 17.0 Å². The summed E-state index contributed by atoms with van der Waals surface area (Å²) in [6.07, 6.45) is -1.88. The molecule has 0 saturated heterocycles. The second-order valence-electron chi connectivity index (χ2n) is 10.5. The fourth-order valence-electron chi connectivity index (χ4n) is 5.35. The molecule has 2 aromatic carbocycles. The highest BCUT2D eigenvalue weighted by atomic mass is 19.4. The monoisotopic (exact) mass is 475 g/mol. The molecule has 0 aliphatic heterocycles. The molecule has 0 spiro atoms. The van der Waals surface area contributed by atoms with E-state index in [1.807, 2.05) is 18.2 Å². The molecule has 3 rings (SSSR count). The third-order valence-electron chi connectivity index (χ3n) is 7.40. The SMILES string of the molecule is Cc1cc(C(F)(F)F)ccc1[C@@H](C(=O)O[C@@H]1C[C@H](C)CC[C@H]1C(C)(C)c1ccccc1)N(C)C. The lowest BCUT2D eigenvalue weighted by Gasteiger charge is -2.44. The average Bonchev–Trinajstić information content (AvgIpc) is 2.74. The number of alkyl halides is 3. The summed E-state index contributed by atoms with van der Waals surface area (Å²) in [6.45, 7) is 8.19. The maximum absolute atomic E-state index is 13.5. The van der Waals surface area contributed by atoms with Crippen molar-refractivity contribution in [3.63, 3.8) is 0 Å². The van der Waals surface area contributed by atoms with Crippen molar-refractivity contribution in [2.75, 3.05) is 14.1 Å². The molecule has 1 aliphatic rings. The van der Waals surface area contributed by atoms with Crippen LogP contribution >= 0.6 is 0 Å². The summed E-state index contributed by atoms with van der Waals surface area (Å²) < 4.78 is 45.7. The van der Waals surface area contributed by atoms with Crippen LogP contribution in [0.5, 0.6) is 0 Å².